The van der Waals surface area contributed by atoms with Crippen LogP contribution < -0.4 is 15.1 Å². The number of aryl methyl sites for hydroxylation is 1. The first-order chi connectivity index (χ1) is 31.4. The number of amides is 6. The molecule has 0 bridgehead atoms. The molecule has 0 spiro atoms. The summed E-state index contributed by atoms with van der Waals surface area (Å²) < 4.78 is 37.8. The van der Waals surface area contributed by atoms with Crippen LogP contribution in [0.15, 0.2) is 30.3 Å². The second-order valence-electron chi connectivity index (χ2n) is 18.6. The number of likely N-dealkylation sites (tertiary alicyclic amines) is 1. The Morgan fingerprint density at radius 2 is 1.58 bits per heavy atom. The molecule has 6 amide bonds. The highest BCUT2D eigenvalue weighted by Gasteiger charge is 2.45. The number of halogens is 2. The van der Waals surface area contributed by atoms with Gasteiger partial charge in [0.15, 0.2) is 5.82 Å². The summed E-state index contributed by atoms with van der Waals surface area (Å²) in [6.07, 6.45) is 2.60. The van der Waals surface area contributed by atoms with Crippen molar-refractivity contribution >= 4 is 52.6 Å². The van der Waals surface area contributed by atoms with Crippen LogP contribution in [0, 0.1) is 5.92 Å². The number of carbonyl (C=O) groups excluding carboxylic acids is 6. The van der Waals surface area contributed by atoms with E-state index >= 15 is 8.78 Å². The maximum absolute atomic E-state index is 15.0. The average Bonchev–Trinajstić information content (AvgIpc) is 3.82. The molecule has 2 aromatic carbocycles. The third-order valence-electron chi connectivity index (χ3n) is 14.7. The van der Waals surface area contributed by atoms with Crippen molar-refractivity contribution < 1.29 is 42.3 Å². The largest absolute Gasteiger partial charge is 0.381 e. The van der Waals surface area contributed by atoms with E-state index in [4.69, 9.17) is 9.84 Å². The molecule has 0 saturated carbocycles. The molecule has 0 radical (unpaired) electrons. The molecule has 1 N–H and O–H groups in total. The van der Waals surface area contributed by atoms with E-state index in [2.05, 4.69) is 19.8 Å². The highest BCUT2D eigenvalue weighted by atomic mass is 19.3. The van der Waals surface area contributed by atoms with Crippen LogP contribution in [-0.4, -0.2) is 143 Å². The number of ether oxygens (including phenoxy) is 1. The number of alkyl halides is 2. The van der Waals surface area contributed by atoms with Crippen molar-refractivity contribution in [3.8, 4) is 0 Å². The van der Waals surface area contributed by atoms with Crippen LogP contribution in [0.2, 0.25) is 0 Å². The van der Waals surface area contributed by atoms with Crippen molar-refractivity contribution in [2.45, 2.75) is 89.8 Å². The summed E-state index contributed by atoms with van der Waals surface area (Å²) in [5.41, 5.74) is 4.69. The fourth-order valence-corrected chi connectivity index (χ4v) is 11.1. The van der Waals surface area contributed by atoms with Gasteiger partial charge in [-0.1, -0.05) is 0 Å². The molecule has 4 saturated heterocycles. The average molecular weight is 896 g/mol. The highest BCUT2D eigenvalue weighted by Crippen LogP contribution is 2.42. The Morgan fingerprint density at radius 1 is 0.831 bits per heavy atom. The number of imide groups is 2. The predicted molar refractivity (Wildman–Crippen MR) is 233 cm³/mol. The summed E-state index contributed by atoms with van der Waals surface area (Å²) in [5, 5.41) is 7.41. The zero-order valence-electron chi connectivity index (χ0n) is 36.7. The molecule has 65 heavy (non-hydrogen) atoms. The van der Waals surface area contributed by atoms with Crippen molar-refractivity contribution in [3.63, 3.8) is 0 Å². The summed E-state index contributed by atoms with van der Waals surface area (Å²) in [4.78, 5) is 88.6. The Bertz CT molecular complexity index is 2440. The molecule has 10 rings (SSSR count). The zero-order valence-corrected chi connectivity index (χ0v) is 36.7. The van der Waals surface area contributed by atoms with Crippen LogP contribution in [0.1, 0.15) is 118 Å². The Labute approximate surface area is 375 Å². The van der Waals surface area contributed by atoms with Gasteiger partial charge in [0.25, 0.3) is 24.1 Å². The second-order valence-corrected chi connectivity index (χ2v) is 18.6. The molecule has 7 aliphatic heterocycles. The Morgan fingerprint density at radius 3 is 2.31 bits per heavy atom. The molecule has 1 unspecified atom stereocenters. The van der Waals surface area contributed by atoms with Gasteiger partial charge in [0.05, 0.1) is 23.7 Å². The molecule has 8 heterocycles. The molecule has 7 aliphatic rings. The third-order valence-corrected chi connectivity index (χ3v) is 14.7. The van der Waals surface area contributed by atoms with E-state index in [1.54, 1.807) is 30.0 Å². The van der Waals surface area contributed by atoms with Crippen LogP contribution in [0.5, 0.6) is 0 Å². The van der Waals surface area contributed by atoms with Gasteiger partial charge in [-0.3, -0.25) is 48.6 Å². The topological polar surface area (TPSA) is 161 Å². The van der Waals surface area contributed by atoms with Gasteiger partial charge in [-0.15, -0.1) is 0 Å². The minimum atomic E-state index is -2.85. The summed E-state index contributed by atoms with van der Waals surface area (Å²) in [5.74, 6) is -1.43. The highest BCUT2D eigenvalue weighted by molar-refractivity contribution is 6.23. The fourth-order valence-electron chi connectivity index (χ4n) is 11.1. The van der Waals surface area contributed by atoms with Crippen LogP contribution >= 0.6 is 0 Å². The van der Waals surface area contributed by atoms with Crippen LogP contribution in [0.4, 0.5) is 26.0 Å². The third kappa shape index (κ3) is 8.06. The maximum atomic E-state index is 15.0. The fraction of sp³-hybridized carbons (Fsp3) is 0.553. The first kappa shape index (κ1) is 43.2. The van der Waals surface area contributed by atoms with Crippen LogP contribution in [0.25, 0.3) is 0 Å². The lowest BCUT2D eigenvalue weighted by molar-refractivity contribution is -0.136. The number of benzene rings is 2. The van der Waals surface area contributed by atoms with E-state index in [0.29, 0.717) is 89.3 Å². The van der Waals surface area contributed by atoms with Gasteiger partial charge < -0.3 is 24.3 Å². The first-order valence-corrected chi connectivity index (χ1v) is 23.2. The van der Waals surface area contributed by atoms with Crippen LogP contribution in [0.3, 0.4) is 0 Å². The normalized spacial score (nSPS) is 22.4. The molecule has 1 aromatic heterocycles. The maximum Gasteiger partial charge on any atom is 0.264 e. The molecule has 0 aliphatic carbocycles. The Hall–Kier alpha value is -5.75. The van der Waals surface area contributed by atoms with Gasteiger partial charge in [0.1, 0.15) is 6.04 Å². The summed E-state index contributed by atoms with van der Waals surface area (Å²) in [7, 11) is 0. The van der Waals surface area contributed by atoms with Crippen molar-refractivity contribution in [1.29, 1.82) is 0 Å². The molecule has 4 fully saturated rings. The lowest BCUT2D eigenvalue weighted by Crippen LogP contribution is -2.54. The number of aromatic nitrogens is 2. The van der Waals surface area contributed by atoms with Gasteiger partial charge >= 0.3 is 0 Å². The van der Waals surface area contributed by atoms with Gasteiger partial charge in [0.2, 0.25) is 17.7 Å². The SMILES string of the molecule is CC(=O)N1CCc2c(c(N3CCCc4cc(C(=O)N5CCC(CN6CCN(c7ccc8c(c7)C(=O)N(C7CCC(=O)NC7=O)C8=O)CC6)CC5)c(C(F)F)cc43)nn2C2CCOCC2)C1. The number of carbonyl (C=O) groups is 6. The van der Waals surface area contributed by atoms with E-state index in [9.17, 15) is 28.8 Å². The van der Waals surface area contributed by atoms with Gasteiger partial charge in [0, 0.05) is 126 Å². The summed E-state index contributed by atoms with van der Waals surface area (Å²) >= 11 is 0. The number of nitrogens with one attached hydrogen (secondary N) is 1. The number of anilines is 3. The van der Waals surface area contributed by atoms with Crippen LogP contribution in [-0.2, 0) is 38.5 Å². The monoisotopic (exact) mass is 895 g/mol. The molecule has 16 nitrogen and oxygen atoms in total. The second kappa shape index (κ2) is 17.6. The lowest BCUT2D eigenvalue weighted by atomic mass is 9.92. The zero-order chi connectivity index (χ0) is 45.1. The van der Waals surface area contributed by atoms with E-state index in [0.717, 1.165) is 79.1 Å². The molecule has 18 heteroatoms. The standard InChI is InChI=1S/C47H55F2N9O7/c1-28(59)55-16-10-38-37(27-55)43(51-58(38)31-11-21-65-22-12-31)56-13-2-3-30-23-35(34(42(48)49)25-40(30)56)45(62)54-14-8-29(9-15-54)26-52-17-19-53(20-18-52)32-4-5-33-36(24-32)47(64)57(46(33)63)39-6-7-41(60)50-44(39)61/h4-5,23-25,29,31,39,42H,2-3,6-22,26-27H2,1H3,(H,50,60,61). The smallest absolute Gasteiger partial charge is 0.264 e. The van der Waals surface area contributed by atoms with Crippen molar-refractivity contribution in [2.24, 2.45) is 5.92 Å². The number of piperidine rings is 2. The molecule has 344 valence electrons. The number of nitrogens with zero attached hydrogens (tertiary/aromatic N) is 8. The predicted octanol–water partition coefficient (Wildman–Crippen LogP) is 4.24. The van der Waals surface area contributed by atoms with Gasteiger partial charge in [-0.05, 0) is 86.8 Å². The molecule has 3 aromatic rings. The molecular formula is C47H55F2N9O7. The van der Waals surface area contributed by atoms with E-state index < -0.39 is 36.1 Å². The van der Waals surface area contributed by atoms with E-state index in [1.807, 2.05) is 15.9 Å². The summed E-state index contributed by atoms with van der Waals surface area (Å²) in [6, 6.07) is 7.56. The van der Waals surface area contributed by atoms with Crippen molar-refractivity contribution in [1.82, 2.24) is 34.7 Å². The van der Waals surface area contributed by atoms with Crippen molar-refractivity contribution in [2.75, 3.05) is 81.9 Å². The first-order valence-electron chi connectivity index (χ1n) is 23.2. The summed E-state index contributed by atoms with van der Waals surface area (Å²) in [6.45, 7) is 9.27. The minimum Gasteiger partial charge on any atom is -0.381 e. The molecule has 1 atom stereocenters. The number of piperazine rings is 1. The minimum absolute atomic E-state index is 0.0117. The number of rotatable bonds is 8. The van der Waals surface area contributed by atoms with Crippen molar-refractivity contribution in [3.05, 3.63) is 69.4 Å². The van der Waals surface area contributed by atoms with E-state index in [1.165, 1.54) is 6.07 Å². The Balaban J connectivity index is 0.776. The lowest BCUT2D eigenvalue weighted by Gasteiger charge is -2.40. The number of hydrogen-bond acceptors (Lipinski definition) is 11. The number of fused-ring (bicyclic) bond motifs is 3. The van der Waals surface area contributed by atoms with E-state index in [-0.39, 0.29) is 53.0 Å². The molecular weight excluding hydrogens is 841 g/mol. The number of hydrogen-bond donors (Lipinski definition) is 1. The van der Waals surface area contributed by atoms with Gasteiger partial charge in [-0.2, -0.15) is 5.10 Å². The quantitative estimate of drug-likeness (QED) is 0.323. The Kier molecular flexibility index (Phi) is 11.7. The van der Waals surface area contributed by atoms with Gasteiger partial charge in [-0.25, -0.2) is 8.78 Å².